The van der Waals surface area contributed by atoms with E-state index in [2.05, 4.69) is 36.5 Å². The normalized spacial score (nSPS) is 26.5. The minimum absolute atomic E-state index is 0.244. The molecule has 2 unspecified atom stereocenters. The molecule has 1 fully saturated rings. The number of hydrogen-bond acceptors (Lipinski definition) is 2. The van der Waals surface area contributed by atoms with E-state index in [1.165, 1.54) is 12.0 Å². The summed E-state index contributed by atoms with van der Waals surface area (Å²) in [6.07, 6.45) is 2.57. The minimum Gasteiger partial charge on any atom is -0.363 e. The third-order valence-electron chi connectivity index (χ3n) is 2.92. The van der Waals surface area contributed by atoms with Gasteiger partial charge in [0.25, 0.3) is 0 Å². The molecule has 1 aromatic carbocycles. The van der Waals surface area contributed by atoms with E-state index < -0.39 is 0 Å². The summed E-state index contributed by atoms with van der Waals surface area (Å²) in [6, 6.07) is 10.5. The maximum atomic E-state index is 5.66. The molecule has 15 heavy (non-hydrogen) atoms. The van der Waals surface area contributed by atoms with E-state index in [0.717, 1.165) is 25.5 Å². The number of benzene rings is 1. The largest absolute Gasteiger partial charge is 0.363 e. The third kappa shape index (κ3) is 3.33. The highest BCUT2D eigenvalue weighted by atomic mass is 16.5. The number of ether oxygens (including phenoxy) is 1. The number of rotatable bonds is 3. The summed E-state index contributed by atoms with van der Waals surface area (Å²) in [7, 11) is 0. The molecule has 1 aliphatic heterocycles. The Morgan fingerprint density at radius 3 is 2.87 bits per heavy atom. The van der Waals surface area contributed by atoms with Gasteiger partial charge in [0.15, 0.2) is 0 Å². The Kier molecular flexibility index (Phi) is 3.75. The smallest absolute Gasteiger partial charge is 0.108 e. The summed E-state index contributed by atoms with van der Waals surface area (Å²) in [5, 5.41) is 3.45. The van der Waals surface area contributed by atoms with Crippen molar-refractivity contribution >= 4 is 0 Å². The van der Waals surface area contributed by atoms with Crippen LogP contribution in [0.3, 0.4) is 0 Å². The molecule has 82 valence electrons. The Bertz CT molecular complexity index is 286. The zero-order valence-electron chi connectivity index (χ0n) is 9.28. The second-order valence-electron chi connectivity index (χ2n) is 4.36. The summed E-state index contributed by atoms with van der Waals surface area (Å²) in [6.45, 7) is 4.09. The highest BCUT2D eigenvalue weighted by molar-refractivity contribution is 5.14. The van der Waals surface area contributed by atoms with Crippen LogP contribution in [0.15, 0.2) is 30.3 Å². The van der Waals surface area contributed by atoms with Crippen molar-refractivity contribution in [1.82, 2.24) is 5.32 Å². The van der Waals surface area contributed by atoms with Gasteiger partial charge in [0.1, 0.15) is 6.23 Å². The van der Waals surface area contributed by atoms with Crippen LogP contribution in [0.25, 0.3) is 0 Å². The molecule has 0 radical (unpaired) electrons. The second-order valence-corrected chi connectivity index (χ2v) is 4.36. The molecule has 2 heteroatoms. The van der Waals surface area contributed by atoms with Crippen LogP contribution in [0.2, 0.25) is 0 Å². The zero-order chi connectivity index (χ0) is 10.5. The summed E-state index contributed by atoms with van der Waals surface area (Å²) in [5.74, 6) is 0.784. The van der Waals surface area contributed by atoms with Gasteiger partial charge in [-0.2, -0.15) is 0 Å². The molecule has 2 atom stereocenters. The molecule has 1 heterocycles. The van der Waals surface area contributed by atoms with Gasteiger partial charge in [0, 0.05) is 13.2 Å². The van der Waals surface area contributed by atoms with Crippen molar-refractivity contribution < 1.29 is 4.74 Å². The molecular formula is C13H19NO. The number of hydrogen-bond donors (Lipinski definition) is 1. The summed E-state index contributed by atoms with van der Waals surface area (Å²) < 4.78 is 5.66. The molecule has 0 saturated carbocycles. The molecular weight excluding hydrogens is 186 g/mol. The first kappa shape index (κ1) is 10.7. The van der Waals surface area contributed by atoms with Crippen molar-refractivity contribution in [2.24, 2.45) is 5.92 Å². The minimum atomic E-state index is 0.244. The maximum Gasteiger partial charge on any atom is 0.108 e. The van der Waals surface area contributed by atoms with Crippen LogP contribution < -0.4 is 5.32 Å². The van der Waals surface area contributed by atoms with Crippen molar-refractivity contribution in [3.05, 3.63) is 35.9 Å². The lowest BCUT2D eigenvalue weighted by molar-refractivity contribution is -0.0257. The van der Waals surface area contributed by atoms with Crippen molar-refractivity contribution in [3.63, 3.8) is 0 Å². The molecule has 0 amide bonds. The average Bonchev–Trinajstić information content (AvgIpc) is 2.28. The number of nitrogens with one attached hydrogen (secondary N) is 1. The van der Waals surface area contributed by atoms with E-state index in [1.807, 2.05) is 6.07 Å². The monoisotopic (exact) mass is 205 g/mol. The van der Waals surface area contributed by atoms with Gasteiger partial charge in [-0.15, -0.1) is 0 Å². The van der Waals surface area contributed by atoms with Gasteiger partial charge in [-0.05, 0) is 24.3 Å². The summed E-state index contributed by atoms with van der Waals surface area (Å²) in [5.41, 5.74) is 1.32. The Morgan fingerprint density at radius 2 is 2.13 bits per heavy atom. The van der Waals surface area contributed by atoms with Gasteiger partial charge >= 0.3 is 0 Å². The fraction of sp³-hybridized carbons (Fsp3) is 0.538. The van der Waals surface area contributed by atoms with Crippen LogP contribution in [0.5, 0.6) is 0 Å². The van der Waals surface area contributed by atoms with Gasteiger partial charge < -0.3 is 4.74 Å². The van der Waals surface area contributed by atoms with Gasteiger partial charge in [-0.25, -0.2) is 0 Å². The van der Waals surface area contributed by atoms with E-state index in [9.17, 15) is 0 Å². The molecule has 0 aromatic heterocycles. The average molecular weight is 205 g/mol. The van der Waals surface area contributed by atoms with Crippen molar-refractivity contribution in [3.8, 4) is 0 Å². The van der Waals surface area contributed by atoms with E-state index in [4.69, 9.17) is 4.74 Å². The highest BCUT2D eigenvalue weighted by Crippen LogP contribution is 2.17. The Balaban J connectivity index is 1.78. The molecule has 1 aromatic rings. The molecule has 1 saturated heterocycles. The fourth-order valence-electron chi connectivity index (χ4n) is 1.93. The predicted molar refractivity (Wildman–Crippen MR) is 61.4 cm³/mol. The van der Waals surface area contributed by atoms with E-state index in [1.54, 1.807) is 0 Å². The molecule has 0 aliphatic carbocycles. The van der Waals surface area contributed by atoms with Crippen molar-refractivity contribution in [2.45, 2.75) is 32.5 Å². The zero-order valence-corrected chi connectivity index (χ0v) is 9.28. The van der Waals surface area contributed by atoms with Crippen LogP contribution in [-0.2, 0) is 11.3 Å². The molecule has 1 N–H and O–H groups in total. The van der Waals surface area contributed by atoms with Crippen LogP contribution in [-0.4, -0.2) is 12.8 Å². The van der Waals surface area contributed by atoms with Gasteiger partial charge in [-0.3, -0.25) is 5.32 Å². The lowest BCUT2D eigenvalue weighted by atomic mass is 10.0. The quantitative estimate of drug-likeness (QED) is 0.818. The lowest BCUT2D eigenvalue weighted by Gasteiger charge is -2.28. The first-order valence-corrected chi connectivity index (χ1v) is 5.73. The Morgan fingerprint density at radius 1 is 1.33 bits per heavy atom. The first-order valence-electron chi connectivity index (χ1n) is 5.73. The fourth-order valence-corrected chi connectivity index (χ4v) is 1.93. The van der Waals surface area contributed by atoms with Crippen LogP contribution in [0.1, 0.15) is 25.3 Å². The molecule has 0 bridgehead atoms. The molecule has 2 nitrogen and oxygen atoms in total. The SMILES string of the molecule is CC1CCOC(NCc2ccccc2)C1. The topological polar surface area (TPSA) is 21.3 Å². The Labute approximate surface area is 91.6 Å². The van der Waals surface area contributed by atoms with E-state index in [-0.39, 0.29) is 6.23 Å². The van der Waals surface area contributed by atoms with E-state index in [0.29, 0.717) is 0 Å². The molecule has 2 rings (SSSR count). The second kappa shape index (κ2) is 5.29. The predicted octanol–water partition coefficient (Wildman–Crippen LogP) is 2.55. The standard InChI is InChI=1S/C13H19NO/c1-11-7-8-15-13(9-11)14-10-12-5-3-2-4-6-12/h2-6,11,13-14H,7-10H2,1H3. The maximum absolute atomic E-state index is 5.66. The summed E-state index contributed by atoms with van der Waals surface area (Å²) in [4.78, 5) is 0. The first-order chi connectivity index (χ1) is 7.34. The van der Waals surface area contributed by atoms with Gasteiger partial charge in [-0.1, -0.05) is 37.3 Å². The van der Waals surface area contributed by atoms with Crippen molar-refractivity contribution in [1.29, 1.82) is 0 Å². The van der Waals surface area contributed by atoms with Crippen LogP contribution in [0, 0.1) is 5.92 Å². The molecule has 1 aliphatic rings. The third-order valence-corrected chi connectivity index (χ3v) is 2.92. The molecule has 0 spiro atoms. The summed E-state index contributed by atoms with van der Waals surface area (Å²) >= 11 is 0. The van der Waals surface area contributed by atoms with Crippen molar-refractivity contribution in [2.75, 3.05) is 6.61 Å². The lowest BCUT2D eigenvalue weighted by Crippen LogP contribution is -2.36. The van der Waals surface area contributed by atoms with Crippen LogP contribution >= 0.6 is 0 Å². The Hall–Kier alpha value is -0.860. The van der Waals surface area contributed by atoms with Gasteiger partial charge in [0.05, 0.1) is 0 Å². The van der Waals surface area contributed by atoms with E-state index >= 15 is 0 Å². The van der Waals surface area contributed by atoms with Gasteiger partial charge in [0.2, 0.25) is 0 Å². The highest BCUT2D eigenvalue weighted by Gasteiger charge is 2.18. The van der Waals surface area contributed by atoms with Crippen LogP contribution in [0.4, 0.5) is 0 Å².